The fourth-order valence-electron chi connectivity index (χ4n) is 2.03. The zero-order valence-electron chi connectivity index (χ0n) is 9.96. The molecule has 2 heterocycles. The molecule has 0 fully saturated rings. The number of aromatic nitrogens is 2. The van der Waals surface area contributed by atoms with Crippen LogP contribution in [0.5, 0.6) is 0 Å². The molecule has 7 heteroatoms. The van der Waals surface area contributed by atoms with Gasteiger partial charge < -0.3 is 4.57 Å². The van der Waals surface area contributed by atoms with Gasteiger partial charge in [0.05, 0.1) is 12.2 Å². The monoisotopic (exact) mass is 303 g/mol. The molecule has 2 aromatic rings. The minimum Gasteiger partial charge on any atom is -0.310 e. The number of carbonyl (C=O) groups excluding carboxylic acids is 1. The van der Waals surface area contributed by atoms with Crippen molar-refractivity contribution < 1.29 is 4.79 Å². The van der Waals surface area contributed by atoms with Gasteiger partial charge in [0.1, 0.15) is 11.6 Å². The van der Waals surface area contributed by atoms with Gasteiger partial charge in [-0.25, -0.2) is 0 Å². The second-order valence-corrected chi connectivity index (χ2v) is 5.56. The molecule has 0 atom stereocenters. The van der Waals surface area contributed by atoms with Gasteiger partial charge in [0, 0.05) is 5.02 Å². The number of hydrogen-bond donors (Lipinski definition) is 0. The van der Waals surface area contributed by atoms with Crippen molar-refractivity contribution in [3.63, 3.8) is 0 Å². The van der Waals surface area contributed by atoms with Crippen LogP contribution < -0.4 is 5.56 Å². The summed E-state index contributed by atoms with van der Waals surface area (Å²) in [6, 6.07) is 8.62. The minimum absolute atomic E-state index is 0.0635. The molecule has 0 aliphatic carbocycles. The Balaban J connectivity index is 2.34. The lowest BCUT2D eigenvalue weighted by atomic mass is 10.1. The maximum atomic E-state index is 11.9. The molecule has 1 aromatic carbocycles. The molecule has 0 bridgehead atoms. The summed E-state index contributed by atoms with van der Waals surface area (Å²) in [5.41, 5.74) is 0.386. The van der Waals surface area contributed by atoms with Crippen LogP contribution in [0.3, 0.4) is 0 Å². The second-order valence-electron chi connectivity index (χ2n) is 4.10. The lowest BCUT2D eigenvalue weighted by Gasteiger charge is -2.11. The van der Waals surface area contributed by atoms with E-state index >= 15 is 0 Å². The van der Waals surface area contributed by atoms with Crippen LogP contribution in [0.2, 0.25) is 5.02 Å². The van der Waals surface area contributed by atoms with Crippen molar-refractivity contribution in [3.8, 4) is 17.3 Å². The summed E-state index contributed by atoms with van der Waals surface area (Å²) >= 11 is 6.75. The Labute approximate surface area is 122 Å². The number of hydrogen-bond acceptors (Lipinski definition) is 5. The normalized spacial score (nSPS) is 13.1. The molecular weight excluding hydrogens is 298 g/mol. The molecule has 1 aliphatic rings. The van der Waals surface area contributed by atoms with Gasteiger partial charge in [0.15, 0.2) is 5.16 Å². The maximum absolute atomic E-state index is 11.9. The van der Waals surface area contributed by atoms with Crippen LogP contribution in [0.1, 0.15) is 5.56 Å². The van der Waals surface area contributed by atoms with Crippen molar-refractivity contribution in [2.75, 3.05) is 0 Å². The summed E-state index contributed by atoms with van der Waals surface area (Å²) in [4.78, 5) is 27.2. The third-order valence-corrected chi connectivity index (χ3v) is 3.97. The molecule has 0 unspecified atom stereocenters. The molecular formula is C13H6ClN3O2S. The third kappa shape index (κ3) is 2.01. The standard InChI is InChI=1S/C13H6ClN3O2S/c14-8-3-1-7(2-4-8)11-9(5-15)12(19)16-13-17(11)6-10(18)20-13/h1-4H,6H2. The van der Waals surface area contributed by atoms with Gasteiger partial charge in [0.2, 0.25) is 5.12 Å². The Morgan fingerprint density at radius 2 is 2.00 bits per heavy atom. The van der Waals surface area contributed by atoms with E-state index in [1.54, 1.807) is 28.8 Å². The number of benzene rings is 1. The predicted octanol–water partition coefficient (Wildman–Crippen LogP) is 2.07. The molecule has 98 valence electrons. The van der Waals surface area contributed by atoms with Crippen molar-refractivity contribution in [1.82, 2.24) is 9.55 Å². The lowest BCUT2D eigenvalue weighted by molar-refractivity contribution is -0.111. The molecule has 0 N–H and O–H groups in total. The van der Waals surface area contributed by atoms with Gasteiger partial charge in [0.25, 0.3) is 5.56 Å². The minimum atomic E-state index is -0.620. The Morgan fingerprint density at radius 1 is 1.30 bits per heavy atom. The Bertz CT molecular complexity index is 821. The first-order valence-corrected chi connectivity index (χ1v) is 6.81. The topological polar surface area (TPSA) is 75.8 Å². The highest BCUT2D eigenvalue weighted by Crippen LogP contribution is 2.32. The smallest absolute Gasteiger partial charge is 0.292 e. The second kappa shape index (κ2) is 4.78. The number of carbonyl (C=O) groups is 1. The van der Waals surface area contributed by atoms with Crippen LogP contribution in [0, 0.1) is 11.3 Å². The summed E-state index contributed by atoms with van der Waals surface area (Å²) in [5, 5.41) is 9.96. The average Bonchev–Trinajstić information content (AvgIpc) is 2.78. The van der Waals surface area contributed by atoms with Crippen LogP contribution >= 0.6 is 23.4 Å². The van der Waals surface area contributed by atoms with E-state index in [9.17, 15) is 14.9 Å². The van der Waals surface area contributed by atoms with Crippen molar-refractivity contribution in [3.05, 3.63) is 45.2 Å². The van der Waals surface area contributed by atoms with E-state index in [4.69, 9.17) is 11.6 Å². The van der Waals surface area contributed by atoms with Gasteiger partial charge in [-0.15, -0.1) is 0 Å². The number of fused-ring (bicyclic) bond motifs is 1. The largest absolute Gasteiger partial charge is 0.310 e. The summed E-state index contributed by atoms with van der Waals surface area (Å²) < 4.78 is 1.59. The predicted molar refractivity (Wildman–Crippen MR) is 74.5 cm³/mol. The number of rotatable bonds is 1. The van der Waals surface area contributed by atoms with E-state index in [1.165, 1.54) is 0 Å². The van der Waals surface area contributed by atoms with Crippen LogP contribution in [-0.2, 0) is 11.3 Å². The summed E-state index contributed by atoms with van der Waals surface area (Å²) in [5.74, 6) is 0. The van der Waals surface area contributed by atoms with E-state index in [0.717, 1.165) is 11.8 Å². The molecule has 1 aromatic heterocycles. The van der Waals surface area contributed by atoms with Gasteiger partial charge in [-0.2, -0.15) is 10.2 Å². The molecule has 3 rings (SSSR count). The van der Waals surface area contributed by atoms with Crippen LogP contribution in [0.4, 0.5) is 0 Å². The highest BCUT2D eigenvalue weighted by atomic mass is 35.5. The van der Waals surface area contributed by atoms with Gasteiger partial charge >= 0.3 is 0 Å². The van der Waals surface area contributed by atoms with E-state index in [1.807, 2.05) is 6.07 Å². The van der Waals surface area contributed by atoms with Crippen LogP contribution in [0.25, 0.3) is 11.3 Å². The first-order valence-electron chi connectivity index (χ1n) is 5.61. The number of nitrogens with zero attached hydrogens (tertiary/aromatic N) is 3. The highest BCUT2D eigenvalue weighted by molar-refractivity contribution is 8.13. The molecule has 0 saturated heterocycles. The molecule has 1 aliphatic heterocycles. The van der Waals surface area contributed by atoms with Crippen LogP contribution in [0.15, 0.2) is 34.2 Å². The van der Waals surface area contributed by atoms with Crippen molar-refractivity contribution in [2.24, 2.45) is 0 Å². The van der Waals surface area contributed by atoms with Gasteiger partial charge in [-0.3, -0.25) is 9.59 Å². The summed E-state index contributed by atoms with van der Waals surface area (Å²) in [6.07, 6.45) is 0. The van der Waals surface area contributed by atoms with Gasteiger partial charge in [-0.1, -0.05) is 23.7 Å². The first kappa shape index (κ1) is 12.9. The average molecular weight is 304 g/mol. The molecule has 20 heavy (non-hydrogen) atoms. The van der Waals surface area contributed by atoms with Crippen LogP contribution in [-0.4, -0.2) is 14.7 Å². The number of thioether (sulfide) groups is 1. The first-order chi connectivity index (χ1) is 9.60. The molecule has 5 nitrogen and oxygen atoms in total. The van der Waals surface area contributed by atoms with Crippen molar-refractivity contribution in [2.45, 2.75) is 11.7 Å². The fraction of sp³-hybridized carbons (Fsp3) is 0.0769. The van der Waals surface area contributed by atoms with Crippen molar-refractivity contribution >= 4 is 28.5 Å². The molecule has 0 saturated carbocycles. The summed E-state index contributed by atoms with van der Waals surface area (Å²) in [6.45, 7) is 0.0971. The zero-order valence-corrected chi connectivity index (χ0v) is 11.5. The van der Waals surface area contributed by atoms with E-state index in [0.29, 0.717) is 21.4 Å². The molecule has 0 spiro atoms. The Hall–Kier alpha value is -2.10. The number of nitriles is 1. The quantitative estimate of drug-likeness (QED) is 0.754. The SMILES string of the molecule is N#Cc1c(-c2ccc(Cl)cc2)n2c(nc1=O)SC(=O)C2. The lowest BCUT2D eigenvalue weighted by Crippen LogP contribution is -2.18. The Kier molecular flexibility index (Phi) is 3.08. The van der Waals surface area contributed by atoms with E-state index in [-0.39, 0.29) is 17.2 Å². The molecule has 0 radical (unpaired) electrons. The van der Waals surface area contributed by atoms with Crippen molar-refractivity contribution in [1.29, 1.82) is 5.26 Å². The maximum Gasteiger partial charge on any atom is 0.292 e. The third-order valence-electron chi connectivity index (χ3n) is 2.87. The molecule has 0 amide bonds. The highest BCUT2D eigenvalue weighted by Gasteiger charge is 2.26. The van der Waals surface area contributed by atoms with E-state index in [2.05, 4.69) is 4.98 Å². The van der Waals surface area contributed by atoms with E-state index < -0.39 is 5.56 Å². The number of halogens is 1. The Morgan fingerprint density at radius 3 is 2.65 bits per heavy atom. The zero-order chi connectivity index (χ0) is 14.3. The van der Waals surface area contributed by atoms with Gasteiger partial charge in [-0.05, 0) is 29.5 Å². The summed E-state index contributed by atoms with van der Waals surface area (Å²) in [7, 11) is 0. The fourth-order valence-corrected chi connectivity index (χ4v) is 2.95.